The third-order valence-electron chi connectivity index (χ3n) is 3.70. The van der Waals surface area contributed by atoms with Crippen LogP contribution in [0.1, 0.15) is 10.4 Å². The Hall–Kier alpha value is -2.69. The van der Waals surface area contributed by atoms with Crippen molar-refractivity contribution < 1.29 is 22.3 Å². The molecule has 0 unspecified atom stereocenters. The molecule has 0 aliphatic carbocycles. The second kappa shape index (κ2) is 8.36. The van der Waals surface area contributed by atoms with Gasteiger partial charge in [0.05, 0.1) is 29.8 Å². The molecule has 1 amide bonds. The molecule has 0 saturated carbocycles. The van der Waals surface area contributed by atoms with Crippen molar-refractivity contribution in [1.29, 1.82) is 0 Å². The number of hydrogen-bond acceptors (Lipinski definition) is 6. The lowest BCUT2D eigenvalue weighted by molar-refractivity contribution is 0.102. The maximum atomic E-state index is 13.9. The molecule has 0 fully saturated rings. The predicted octanol–water partition coefficient (Wildman–Crippen LogP) is 4.24. The van der Waals surface area contributed by atoms with Crippen LogP contribution in [-0.2, 0) is 10.0 Å². The topological polar surface area (TPSA) is 97.4 Å². The van der Waals surface area contributed by atoms with E-state index in [4.69, 9.17) is 16.3 Å². The molecule has 2 N–H and O–H groups in total. The van der Waals surface area contributed by atoms with Crippen LogP contribution in [0.25, 0.3) is 11.3 Å². The van der Waals surface area contributed by atoms with Crippen LogP contribution in [0.5, 0.6) is 5.75 Å². The lowest BCUT2D eigenvalue weighted by Gasteiger charge is -2.08. The molecule has 1 aromatic heterocycles. The molecule has 29 heavy (non-hydrogen) atoms. The average molecular weight is 456 g/mol. The molecular weight excluding hydrogens is 441 g/mol. The second-order valence-electron chi connectivity index (χ2n) is 5.91. The zero-order chi connectivity index (χ0) is 21.2. The normalized spacial score (nSPS) is 11.2. The van der Waals surface area contributed by atoms with Gasteiger partial charge in [-0.25, -0.2) is 17.8 Å². The van der Waals surface area contributed by atoms with Crippen LogP contribution >= 0.6 is 22.9 Å². The Balaban J connectivity index is 1.78. The monoisotopic (exact) mass is 455 g/mol. The Kier molecular flexibility index (Phi) is 6.06. The first-order chi connectivity index (χ1) is 13.7. The Morgan fingerprint density at radius 3 is 2.66 bits per heavy atom. The number of methoxy groups -OCH3 is 1. The zero-order valence-corrected chi connectivity index (χ0v) is 17.6. The van der Waals surface area contributed by atoms with Crippen molar-refractivity contribution >= 4 is 49.7 Å². The molecule has 152 valence electrons. The van der Waals surface area contributed by atoms with Crippen LogP contribution in [0.2, 0.25) is 5.02 Å². The van der Waals surface area contributed by atoms with E-state index in [2.05, 4.69) is 15.0 Å². The van der Waals surface area contributed by atoms with Gasteiger partial charge in [0.2, 0.25) is 10.0 Å². The van der Waals surface area contributed by atoms with Gasteiger partial charge in [-0.3, -0.25) is 14.8 Å². The van der Waals surface area contributed by atoms with E-state index in [0.29, 0.717) is 16.4 Å². The number of carbonyl (C=O) groups excluding carboxylic acids is 1. The van der Waals surface area contributed by atoms with Crippen LogP contribution in [-0.4, -0.2) is 32.7 Å². The number of rotatable bonds is 6. The number of aromatic nitrogens is 1. The number of thiazole rings is 1. The number of amides is 1. The largest absolute Gasteiger partial charge is 0.494 e. The minimum absolute atomic E-state index is 0.0929. The van der Waals surface area contributed by atoms with E-state index in [1.54, 1.807) is 11.4 Å². The van der Waals surface area contributed by atoms with E-state index in [0.717, 1.165) is 6.26 Å². The summed E-state index contributed by atoms with van der Waals surface area (Å²) in [6.45, 7) is 0. The lowest BCUT2D eigenvalue weighted by atomic mass is 10.1. The maximum absolute atomic E-state index is 13.9. The SMILES string of the molecule is COc1ccc(-c2csc(NC(=O)c3ccc(Cl)c(NS(C)(=O)=O)c3)n2)cc1F. The molecule has 0 atom stereocenters. The zero-order valence-electron chi connectivity index (χ0n) is 15.2. The third kappa shape index (κ3) is 5.22. The summed E-state index contributed by atoms with van der Waals surface area (Å²) in [4.78, 5) is 16.8. The molecule has 0 aliphatic rings. The highest BCUT2D eigenvalue weighted by Gasteiger charge is 2.14. The molecule has 3 aromatic rings. The van der Waals surface area contributed by atoms with Crippen LogP contribution in [0.4, 0.5) is 15.2 Å². The summed E-state index contributed by atoms with van der Waals surface area (Å²) in [6, 6.07) is 8.64. The molecule has 2 aromatic carbocycles. The van der Waals surface area contributed by atoms with Crippen LogP contribution in [0.3, 0.4) is 0 Å². The number of benzene rings is 2. The van der Waals surface area contributed by atoms with Gasteiger partial charge in [-0.15, -0.1) is 11.3 Å². The van der Waals surface area contributed by atoms with Gasteiger partial charge in [0, 0.05) is 16.5 Å². The summed E-state index contributed by atoms with van der Waals surface area (Å²) in [5, 5.41) is 4.76. The molecule has 11 heteroatoms. The minimum Gasteiger partial charge on any atom is -0.494 e. The van der Waals surface area contributed by atoms with Crippen LogP contribution < -0.4 is 14.8 Å². The Morgan fingerprint density at radius 2 is 2.00 bits per heavy atom. The summed E-state index contributed by atoms with van der Waals surface area (Å²) >= 11 is 7.13. The van der Waals surface area contributed by atoms with Gasteiger partial charge in [0.25, 0.3) is 5.91 Å². The Morgan fingerprint density at radius 1 is 1.24 bits per heavy atom. The van der Waals surface area contributed by atoms with Gasteiger partial charge in [-0.05, 0) is 36.4 Å². The van der Waals surface area contributed by atoms with E-state index in [1.807, 2.05) is 0 Å². The van der Waals surface area contributed by atoms with Gasteiger partial charge in [0.1, 0.15) is 0 Å². The third-order valence-corrected chi connectivity index (χ3v) is 5.37. The lowest BCUT2D eigenvalue weighted by Crippen LogP contribution is -2.14. The van der Waals surface area contributed by atoms with Gasteiger partial charge in [0.15, 0.2) is 16.7 Å². The van der Waals surface area contributed by atoms with E-state index in [-0.39, 0.29) is 22.0 Å². The fourth-order valence-electron chi connectivity index (χ4n) is 2.40. The smallest absolute Gasteiger partial charge is 0.257 e. The number of carbonyl (C=O) groups is 1. The number of nitrogens with zero attached hydrogens (tertiary/aromatic N) is 1. The highest BCUT2D eigenvalue weighted by Crippen LogP contribution is 2.29. The maximum Gasteiger partial charge on any atom is 0.257 e. The summed E-state index contributed by atoms with van der Waals surface area (Å²) in [7, 11) is -2.18. The summed E-state index contributed by atoms with van der Waals surface area (Å²) in [5.41, 5.74) is 1.30. The number of ether oxygens (including phenoxy) is 1. The first-order valence-corrected chi connectivity index (χ1v) is 11.2. The molecule has 0 aliphatic heterocycles. The quantitative estimate of drug-likeness (QED) is 0.579. The molecule has 0 spiro atoms. The van der Waals surface area contributed by atoms with E-state index >= 15 is 0 Å². The van der Waals surface area contributed by atoms with E-state index in [1.165, 1.54) is 48.8 Å². The van der Waals surface area contributed by atoms with Crippen molar-refractivity contribution in [2.75, 3.05) is 23.4 Å². The molecule has 1 heterocycles. The fraction of sp³-hybridized carbons (Fsp3) is 0.111. The number of halogens is 2. The van der Waals surface area contributed by atoms with Gasteiger partial charge >= 0.3 is 0 Å². The average Bonchev–Trinajstić information content (AvgIpc) is 3.10. The highest BCUT2D eigenvalue weighted by atomic mass is 35.5. The van der Waals surface area contributed by atoms with Crippen molar-refractivity contribution in [1.82, 2.24) is 4.98 Å². The number of anilines is 2. The van der Waals surface area contributed by atoms with Gasteiger partial charge in [-0.1, -0.05) is 11.6 Å². The summed E-state index contributed by atoms with van der Waals surface area (Å²) < 4.78 is 43.9. The minimum atomic E-state index is -3.55. The molecule has 0 saturated heterocycles. The molecule has 7 nitrogen and oxygen atoms in total. The molecule has 0 radical (unpaired) electrons. The Labute approximate surface area is 175 Å². The van der Waals surface area contributed by atoms with E-state index < -0.39 is 21.7 Å². The van der Waals surface area contributed by atoms with Gasteiger partial charge < -0.3 is 4.74 Å². The molecule has 0 bridgehead atoms. The number of sulfonamides is 1. The summed E-state index contributed by atoms with van der Waals surface area (Å²) in [5.74, 6) is -0.894. The van der Waals surface area contributed by atoms with Crippen LogP contribution in [0.15, 0.2) is 41.8 Å². The second-order valence-corrected chi connectivity index (χ2v) is 8.92. The molecular formula is C18H15ClFN3O4S2. The van der Waals surface area contributed by atoms with Crippen LogP contribution in [0, 0.1) is 5.82 Å². The summed E-state index contributed by atoms with van der Waals surface area (Å²) in [6.07, 6.45) is 0.981. The number of nitrogens with one attached hydrogen (secondary N) is 2. The van der Waals surface area contributed by atoms with Crippen molar-refractivity contribution in [3.05, 3.63) is 58.2 Å². The predicted molar refractivity (Wildman–Crippen MR) is 112 cm³/mol. The fourth-order valence-corrected chi connectivity index (χ4v) is 3.91. The first kappa shape index (κ1) is 21.0. The first-order valence-electron chi connectivity index (χ1n) is 8.04. The van der Waals surface area contributed by atoms with Gasteiger partial charge in [-0.2, -0.15) is 0 Å². The Bertz CT molecular complexity index is 1180. The van der Waals surface area contributed by atoms with Crippen molar-refractivity contribution in [2.45, 2.75) is 0 Å². The van der Waals surface area contributed by atoms with Crippen molar-refractivity contribution in [3.8, 4) is 17.0 Å². The van der Waals surface area contributed by atoms with Crippen molar-refractivity contribution in [2.24, 2.45) is 0 Å². The highest BCUT2D eigenvalue weighted by molar-refractivity contribution is 7.92. The van der Waals surface area contributed by atoms with Crippen molar-refractivity contribution in [3.63, 3.8) is 0 Å². The number of hydrogen-bond donors (Lipinski definition) is 2. The van der Waals surface area contributed by atoms with E-state index in [9.17, 15) is 17.6 Å². The molecule has 3 rings (SSSR count). The standard InChI is InChI=1S/C18H15ClFN3O4S2/c1-27-16-6-4-10(7-13(16)20)15-9-28-18(21-15)22-17(24)11-3-5-12(19)14(8-11)23-29(2,25)26/h3-9,23H,1-2H3,(H,21,22,24).